The van der Waals surface area contributed by atoms with Crippen LogP contribution in [0.15, 0.2) is 16.7 Å². The topological polar surface area (TPSA) is 33.0 Å². The van der Waals surface area contributed by atoms with Crippen LogP contribution < -0.4 is 0 Å². The molecule has 0 fully saturated rings. The molecule has 1 atom stereocenters. The predicted molar refractivity (Wildman–Crippen MR) is 128 cm³/mol. The molecule has 7 heteroatoms. The molecule has 160 valence electrons. The quantitative estimate of drug-likeness (QED) is 0.299. The number of rotatable bonds is 2. The maximum absolute atomic E-state index is 6.94. The Bertz CT molecular complexity index is 384. The Morgan fingerprint density at radius 2 is 1.46 bits per heavy atom. The third-order valence-corrected chi connectivity index (χ3v) is 3.84. The molecule has 0 spiro atoms. The van der Waals surface area contributed by atoms with E-state index in [1.807, 2.05) is 27.7 Å². The van der Waals surface area contributed by atoms with E-state index in [0.717, 1.165) is 0 Å². The van der Waals surface area contributed by atoms with Crippen LogP contribution in [0.5, 0.6) is 0 Å². The second-order valence-electron chi connectivity index (χ2n) is 7.51. The Labute approximate surface area is 195 Å². The SMILES string of the molecule is CC(C)(C)[NH-].CC1=[C-]C(C)C(C)=C1C.Cl.Cl.[CH2-]CO[Si](C)(C)C.[CH3-].[SiH2]=[Zr]. The molecule has 1 unspecified atom stereocenters. The average Bonchev–Trinajstić information content (AvgIpc) is 2.56. The molecule has 2 nitrogen and oxygen atoms in total. The van der Waals surface area contributed by atoms with Crippen LogP contribution in [-0.2, 0) is 27.8 Å². The van der Waals surface area contributed by atoms with Gasteiger partial charge in [0.2, 0.25) is 0 Å². The normalized spacial score (nSPS) is 15.0. The summed E-state index contributed by atoms with van der Waals surface area (Å²) in [4.78, 5) is 0. The van der Waals surface area contributed by atoms with Crippen molar-refractivity contribution in [1.82, 2.24) is 0 Å². The van der Waals surface area contributed by atoms with Gasteiger partial charge in [-0.25, -0.2) is 5.57 Å². The van der Waals surface area contributed by atoms with Crippen LogP contribution in [-0.4, -0.2) is 27.3 Å². The Morgan fingerprint density at radius 3 is 1.50 bits per heavy atom. The fraction of sp³-hybridized carbons (Fsp3) is 0.684. The molecule has 0 heterocycles. The van der Waals surface area contributed by atoms with Gasteiger partial charge in [-0.15, -0.1) is 37.3 Å². The molecule has 0 aromatic heterocycles. The predicted octanol–water partition coefficient (Wildman–Crippen LogP) is 6.61. The van der Waals surface area contributed by atoms with Crippen LogP contribution in [0.1, 0.15) is 48.5 Å². The first-order chi connectivity index (χ1) is 10.2. The van der Waals surface area contributed by atoms with Gasteiger partial charge in [-0.2, -0.15) is 11.1 Å². The molecule has 0 amide bonds. The molecule has 0 aliphatic heterocycles. The molecule has 0 saturated heterocycles. The molecule has 0 radical (unpaired) electrons. The van der Waals surface area contributed by atoms with E-state index in [9.17, 15) is 0 Å². The zero-order chi connectivity index (χ0) is 19.4. The molecule has 1 aliphatic rings. The van der Waals surface area contributed by atoms with Gasteiger partial charge in [-0.3, -0.25) is 6.08 Å². The molecule has 0 bridgehead atoms. The first kappa shape index (κ1) is 41.6. The van der Waals surface area contributed by atoms with Gasteiger partial charge in [0.1, 0.15) is 0 Å². The number of nitrogens with one attached hydrogen (secondary N) is 1. The molecular weight excluding hydrogens is 477 g/mol. The van der Waals surface area contributed by atoms with Crippen molar-refractivity contribution < 1.29 is 27.8 Å². The average molecular weight is 520 g/mol. The summed E-state index contributed by atoms with van der Waals surface area (Å²) in [6, 6.07) is 0. The third kappa shape index (κ3) is 32.9. The van der Waals surface area contributed by atoms with Gasteiger partial charge in [0.15, 0.2) is 8.32 Å². The second-order valence-corrected chi connectivity index (χ2v) is 12.0. The summed E-state index contributed by atoms with van der Waals surface area (Å²) < 4.78 is 5.26. The molecular formula is C19H43Cl2NOSi2Zr-4. The summed E-state index contributed by atoms with van der Waals surface area (Å²) >= 11 is 1.58. The molecule has 0 aromatic rings. The fourth-order valence-corrected chi connectivity index (χ4v) is 2.08. The Hall–Kier alpha value is 1.30. The zero-order valence-electron chi connectivity index (χ0n) is 18.9. The van der Waals surface area contributed by atoms with Crippen molar-refractivity contribution in [3.8, 4) is 0 Å². The van der Waals surface area contributed by atoms with Gasteiger partial charge in [-0.1, -0.05) is 54.1 Å². The van der Waals surface area contributed by atoms with E-state index in [1.165, 1.54) is 16.7 Å². The third-order valence-electron chi connectivity index (χ3n) is 2.77. The Morgan fingerprint density at radius 1 is 1.15 bits per heavy atom. The fourth-order valence-electron chi connectivity index (χ4n) is 1.47. The summed E-state index contributed by atoms with van der Waals surface area (Å²) in [5, 5.41) is 0. The van der Waals surface area contributed by atoms with Crippen molar-refractivity contribution >= 4 is 40.0 Å². The van der Waals surface area contributed by atoms with Crippen LogP contribution in [0.4, 0.5) is 0 Å². The molecule has 0 aromatic carbocycles. The van der Waals surface area contributed by atoms with E-state index in [1.54, 1.807) is 23.3 Å². The summed E-state index contributed by atoms with van der Waals surface area (Å²) in [6.45, 7) is 26.8. The summed E-state index contributed by atoms with van der Waals surface area (Å²) in [5.41, 5.74) is 10.9. The Balaban J connectivity index is -0.0000000539. The van der Waals surface area contributed by atoms with Gasteiger partial charge >= 0.3 is 30.2 Å². The standard InChI is InChI=1S/C9H13.C5H13OSi.C4H10N.CH3.2ClH.H2Si.Zr/c1-6-5-7(2)9(4)8(6)3;1-5-6-7(2,3)4;1-4(2,3)5;;;;;/h6H,1-4H3;1,5H2,2-4H3;5H,1-3H3;1H3;2*1H;1H2;/q4*-1;;;;. The molecule has 1 rings (SSSR count). The van der Waals surface area contributed by atoms with E-state index < -0.39 is 8.32 Å². The van der Waals surface area contributed by atoms with Crippen molar-refractivity contribution in [1.29, 1.82) is 0 Å². The Kier molecular flexibility index (Phi) is 33.6. The van der Waals surface area contributed by atoms with Crippen LogP contribution in [0.2, 0.25) is 19.6 Å². The number of halogens is 2. The number of hydrogen-bond acceptors (Lipinski definition) is 1. The van der Waals surface area contributed by atoms with E-state index in [0.29, 0.717) is 12.5 Å². The second kappa shape index (κ2) is 21.0. The van der Waals surface area contributed by atoms with Crippen LogP contribution in [0.25, 0.3) is 5.73 Å². The van der Waals surface area contributed by atoms with Gasteiger partial charge in [0.05, 0.1) is 0 Å². The summed E-state index contributed by atoms with van der Waals surface area (Å²) in [6.07, 6.45) is 3.36. The van der Waals surface area contributed by atoms with Crippen molar-refractivity contribution in [3.63, 3.8) is 0 Å². The van der Waals surface area contributed by atoms with Crippen LogP contribution >= 0.6 is 24.8 Å². The number of allylic oxidation sites excluding steroid dienone is 4. The number of hydrogen-bond donors (Lipinski definition) is 0. The molecule has 1 aliphatic carbocycles. The zero-order valence-corrected chi connectivity index (χ0v) is 25.4. The van der Waals surface area contributed by atoms with Gasteiger partial charge in [0, 0.05) is 0 Å². The minimum atomic E-state index is -1.22. The van der Waals surface area contributed by atoms with Gasteiger partial charge in [-0.05, 0) is 19.6 Å². The molecule has 0 saturated carbocycles. The van der Waals surface area contributed by atoms with Crippen LogP contribution in [0, 0.1) is 26.3 Å². The monoisotopic (exact) mass is 517 g/mol. The molecule has 1 N–H and O–H groups in total. The van der Waals surface area contributed by atoms with Crippen molar-refractivity contribution in [3.05, 3.63) is 42.9 Å². The van der Waals surface area contributed by atoms with E-state index >= 15 is 0 Å². The van der Waals surface area contributed by atoms with E-state index in [-0.39, 0.29) is 37.8 Å². The van der Waals surface area contributed by atoms with Gasteiger partial charge in [0.25, 0.3) is 0 Å². The first-order valence-corrected chi connectivity index (χ1v) is 17.3. The van der Waals surface area contributed by atoms with Crippen molar-refractivity contribution in [2.24, 2.45) is 5.92 Å². The van der Waals surface area contributed by atoms with E-state index in [2.05, 4.69) is 60.3 Å². The van der Waals surface area contributed by atoms with Gasteiger partial charge < -0.3 is 24.5 Å². The summed E-state index contributed by atoms with van der Waals surface area (Å²) in [7, 11) is -1.22. The van der Waals surface area contributed by atoms with E-state index in [4.69, 9.17) is 10.2 Å². The van der Waals surface area contributed by atoms with Crippen molar-refractivity contribution in [2.75, 3.05) is 6.61 Å². The first-order valence-electron chi connectivity index (χ1n) is 8.00. The van der Waals surface area contributed by atoms with Crippen molar-refractivity contribution in [2.45, 2.75) is 73.6 Å². The maximum atomic E-state index is 6.94. The van der Waals surface area contributed by atoms with Crippen LogP contribution in [0.3, 0.4) is 0 Å². The molecule has 26 heavy (non-hydrogen) atoms. The minimum absolute atomic E-state index is 0. The summed E-state index contributed by atoms with van der Waals surface area (Å²) in [5.74, 6) is 0.560.